The molecule has 0 amide bonds. The van der Waals surface area contributed by atoms with Crippen molar-refractivity contribution < 1.29 is 9.90 Å². The SMILES string of the molecule is C=C(Cl)Cn1c(SCC(=O)O)nc2cccc(C)c21. The van der Waals surface area contributed by atoms with E-state index in [0.717, 1.165) is 16.6 Å². The molecule has 4 nitrogen and oxygen atoms in total. The van der Waals surface area contributed by atoms with E-state index in [9.17, 15) is 4.79 Å². The maximum absolute atomic E-state index is 10.7. The summed E-state index contributed by atoms with van der Waals surface area (Å²) in [6, 6.07) is 5.82. The third kappa shape index (κ3) is 3.11. The number of rotatable bonds is 5. The molecule has 19 heavy (non-hydrogen) atoms. The first-order valence-electron chi connectivity index (χ1n) is 5.62. The summed E-state index contributed by atoms with van der Waals surface area (Å²) >= 11 is 7.07. The van der Waals surface area contributed by atoms with Gasteiger partial charge in [0.15, 0.2) is 5.16 Å². The van der Waals surface area contributed by atoms with Crippen LogP contribution in [0.5, 0.6) is 0 Å². The highest BCUT2D eigenvalue weighted by Gasteiger charge is 2.14. The van der Waals surface area contributed by atoms with Crippen LogP contribution in [-0.4, -0.2) is 26.4 Å². The number of aliphatic carboxylic acids is 1. The van der Waals surface area contributed by atoms with Crippen LogP contribution in [0.2, 0.25) is 0 Å². The highest BCUT2D eigenvalue weighted by molar-refractivity contribution is 7.99. The number of aryl methyl sites for hydroxylation is 1. The second kappa shape index (κ2) is 5.67. The summed E-state index contributed by atoms with van der Waals surface area (Å²) in [6.45, 7) is 6.10. The van der Waals surface area contributed by atoms with Gasteiger partial charge in [0.1, 0.15) is 0 Å². The van der Waals surface area contributed by atoms with Crippen molar-refractivity contribution in [3.63, 3.8) is 0 Å². The predicted molar refractivity (Wildman–Crippen MR) is 77.8 cm³/mol. The molecule has 0 atom stereocenters. The Morgan fingerprint density at radius 1 is 1.58 bits per heavy atom. The normalized spacial score (nSPS) is 10.8. The summed E-state index contributed by atoms with van der Waals surface area (Å²) in [5.41, 5.74) is 2.88. The Kier molecular flexibility index (Phi) is 4.17. The lowest BCUT2D eigenvalue weighted by molar-refractivity contribution is -0.133. The number of carboxylic acid groups (broad SMARTS) is 1. The molecule has 0 aliphatic rings. The first kappa shape index (κ1) is 14.0. The van der Waals surface area contributed by atoms with Crippen molar-refractivity contribution in [2.45, 2.75) is 18.6 Å². The maximum Gasteiger partial charge on any atom is 0.313 e. The average molecular weight is 297 g/mol. The van der Waals surface area contributed by atoms with Crippen LogP contribution >= 0.6 is 23.4 Å². The summed E-state index contributed by atoms with van der Waals surface area (Å²) < 4.78 is 1.91. The summed E-state index contributed by atoms with van der Waals surface area (Å²) in [5.74, 6) is -0.901. The molecule has 2 aromatic rings. The number of benzene rings is 1. The van der Waals surface area contributed by atoms with Crippen LogP contribution in [0.1, 0.15) is 5.56 Å². The maximum atomic E-state index is 10.7. The molecule has 0 saturated carbocycles. The van der Waals surface area contributed by atoms with Gasteiger partial charge in [0.2, 0.25) is 0 Å². The third-order valence-corrected chi connectivity index (χ3v) is 3.67. The zero-order valence-corrected chi connectivity index (χ0v) is 12.0. The zero-order chi connectivity index (χ0) is 14.0. The van der Waals surface area contributed by atoms with Gasteiger partial charge in [0.25, 0.3) is 0 Å². The number of aromatic nitrogens is 2. The topological polar surface area (TPSA) is 55.1 Å². The Morgan fingerprint density at radius 2 is 2.32 bits per heavy atom. The van der Waals surface area contributed by atoms with Crippen LogP contribution < -0.4 is 0 Å². The van der Waals surface area contributed by atoms with Crippen LogP contribution in [0.25, 0.3) is 11.0 Å². The van der Waals surface area contributed by atoms with Crippen LogP contribution in [-0.2, 0) is 11.3 Å². The Balaban J connectivity index is 2.52. The molecular formula is C13H13ClN2O2S. The quantitative estimate of drug-likeness (QED) is 0.860. The van der Waals surface area contributed by atoms with E-state index in [4.69, 9.17) is 16.7 Å². The van der Waals surface area contributed by atoms with Crippen LogP contribution in [0, 0.1) is 6.92 Å². The van der Waals surface area contributed by atoms with Gasteiger partial charge in [0, 0.05) is 5.03 Å². The van der Waals surface area contributed by atoms with Crippen molar-refractivity contribution in [2.75, 3.05) is 5.75 Å². The molecule has 1 aromatic carbocycles. The lowest BCUT2D eigenvalue weighted by Gasteiger charge is -2.08. The van der Waals surface area contributed by atoms with Gasteiger partial charge < -0.3 is 9.67 Å². The van der Waals surface area contributed by atoms with E-state index in [1.807, 2.05) is 29.7 Å². The van der Waals surface area contributed by atoms with Gasteiger partial charge in [-0.05, 0) is 18.6 Å². The largest absolute Gasteiger partial charge is 0.481 e. The summed E-state index contributed by atoms with van der Waals surface area (Å²) in [6.07, 6.45) is 0. The molecule has 0 aliphatic carbocycles. The van der Waals surface area contributed by atoms with Gasteiger partial charge in [-0.3, -0.25) is 4.79 Å². The first-order chi connectivity index (χ1) is 8.99. The molecule has 0 bridgehead atoms. The number of nitrogens with zero attached hydrogens (tertiary/aromatic N) is 2. The van der Waals surface area contributed by atoms with Crippen molar-refractivity contribution in [1.29, 1.82) is 0 Å². The van der Waals surface area contributed by atoms with Crippen molar-refractivity contribution in [2.24, 2.45) is 0 Å². The van der Waals surface area contributed by atoms with E-state index in [0.29, 0.717) is 16.7 Å². The molecule has 2 rings (SSSR count). The van der Waals surface area contributed by atoms with E-state index in [-0.39, 0.29) is 5.75 Å². The standard InChI is InChI=1S/C13H13ClN2O2S/c1-8-4-3-5-10-12(8)16(6-9(2)14)13(15-10)19-7-11(17)18/h3-5H,2,6-7H2,1H3,(H,17,18). The fourth-order valence-electron chi connectivity index (χ4n) is 1.90. The van der Waals surface area contributed by atoms with Crippen LogP contribution in [0.4, 0.5) is 0 Å². The average Bonchev–Trinajstić information content (AvgIpc) is 2.65. The minimum Gasteiger partial charge on any atom is -0.481 e. The first-order valence-corrected chi connectivity index (χ1v) is 6.99. The Bertz CT molecular complexity index is 651. The second-order valence-electron chi connectivity index (χ2n) is 4.12. The predicted octanol–water partition coefficient (Wildman–Crippen LogP) is 3.27. The van der Waals surface area contributed by atoms with Crippen molar-refractivity contribution >= 4 is 40.4 Å². The lowest BCUT2D eigenvalue weighted by Crippen LogP contribution is -2.04. The number of imidazole rings is 1. The molecule has 100 valence electrons. The van der Waals surface area contributed by atoms with Gasteiger partial charge >= 0.3 is 5.97 Å². The summed E-state index contributed by atoms with van der Waals surface area (Å²) in [4.78, 5) is 15.1. The highest BCUT2D eigenvalue weighted by atomic mass is 35.5. The molecular weight excluding hydrogens is 284 g/mol. The second-order valence-corrected chi connectivity index (χ2v) is 5.60. The number of hydrogen-bond acceptors (Lipinski definition) is 3. The van der Waals surface area contributed by atoms with Crippen molar-refractivity contribution in [1.82, 2.24) is 9.55 Å². The number of halogens is 1. The highest BCUT2D eigenvalue weighted by Crippen LogP contribution is 2.27. The fourth-order valence-corrected chi connectivity index (χ4v) is 2.75. The Labute approximate surface area is 120 Å². The number of thioether (sulfide) groups is 1. The van der Waals surface area contributed by atoms with Gasteiger partial charge in [-0.2, -0.15) is 0 Å². The van der Waals surface area contributed by atoms with Crippen molar-refractivity contribution in [3.05, 3.63) is 35.4 Å². The van der Waals surface area contributed by atoms with Crippen LogP contribution in [0.15, 0.2) is 35.0 Å². The van der Waals surface area contributed by atoms with Gasteiger partial charge in [-0.25, -0.2) is 4.98 Å². The van der Waals surface area contributed by atoms with Gasteiger partial charge in [-0.15, -0.1) is 0 Å². The van der Waals surface area contributed by atoms with Gasteiger partial charge in [0.05, 0.1) is 23.3 Å². The Morgan fingerprint density at radius 3 is 2.95 bits per heavy atom. The Hall–Kier alpha value is -1.46. The van der Waals surface area contributed by atoms with E-state index >= 15 is 0 Å². The molecule has 0 aliphatic heterocycles. The minimum atomic E-state index is -0.870. The molecule has 0 spiro atoms. The molecule has 0 radical (unpaired) electrons. The fraction of sp³-hybridized carbons (Fsp3) is 0.231. The van der Waals surface area contributed by atoms with E-state index in [1.165, 1.54) is 11.8 Å². The minimum absolute atomic E-state index is 0.0306. The molecule has 0 unspecified atom stereocenters. The number of allylic oxidation sites excluding steroid dienone is 1. The molecule has 1 heterocycles. The molecule has 0 fully saturated rings. The number of hydrogen-bond donors (Lipinski definition) is 1. The smallest absolute Gasteiger partial charge is 0.313 e. The van der Waals surface area contributed by atoms with E-state index in [1.54, 1.807) is 0 Å². The molecule has 6 heteroatoms. The van der Waals surface area contributed by atoms with Crippen LogP contribution in [0.3, 0.4) is 0 Å². The van der Waals surface area contributed by atoms with E-state index in [2.05, 4.69) is 11.6 Å². The molecule has 0 saturated heterocycles. The van der Waals surface area contributed by atoms with Gasteiger partial charge in [-0.1, -0.05) is 42.1 Å². The van der Waals surface area contributed by atoms with Crippen molar-refractivity contribution in [3.8, 4) is 0 Å². The lowest BCUT2D eigenvalue weighted by atomic mass is 10.2. The summed E-state index contributed by atoms with van der Waals surface area (Å²) in [5, 5.41) is 9.91. The molecule has 1 N–H and O–H groups in total. The van der Waals surface area contributed by atoms with E-state index < -0.39 is 5.97 Å². The number of carboxylic acids is 1. The zero-order valence-electron chi connectivity index (χ0n) is 10.4. The summed E-state index contributed by atoms with van der Waals surface area (Å²) in [7, 11) is 0. The number of fused-ring (bicyclic) bond motifs is 1. The number of para-hydroxylation sites is 1. The third-order valence-electron chi connectivity index (χ3n) is 2.59. The monoisotopic (exact) mass is 296 g/mol. The number of carbonyl (C=O) groups is 1. The molecule has 1 aromatic heterocycles.